The molecule has 0 spiro atoms. The molecule has 0 aliphatic carbocycles. The molecule has 7 nitrogen and oxygen atoms in total. The summed E-state index contributed by atoms with van der Waals surface area (Å²) in [5.41, 5.74) is 0.0216. The first kappa shape index (κ1) is 29.1. The first-order valence-corrected chi connectivity index (χ1v) is 11.5. The van der Waals surface area contributed by atoms with Gasteiger partial charge in [-0.25, -0.2) is 4.79 Å². The van der Waals surface area contributed by atoms with E-state index in [4.69, 9.17) is 0 Å². The van der Waals surface area contributed by atoms with Gasteiger partial charge in [0, 0.05) is 18.0 Å². The Kier molecular flexibility index (Phi) is 10.2. The van der Waals surface area contributed by atoms with Crippen molar-refractivity contribution < 1.29 is 19.5 Å². The first-order chi connectivity index (χ1) is 15.7. The third-order valence-corrected chi connectivity index (χ3v) is 6.22. The Balaban J connectivity index is 3.27. The highest BCUT2D eigenvalue weighted by molar-refractivity contribution is 5.91. The Morgan fingerprint density at radius 1 is 1.09 bits per heavy atom. The minimum Gasteiger partial charge on any atom is -0.478 e. The largest absolute Gasteiger partial charge is 0.478 e. The van der Waals surface area contributed by atoms with E-state index in [0.29, 0.717) is 6.42 Å². The monoisotopic (exact) mass is 471 g/mol. The molecule has 188 valence electrons. The molecule has 0 aliphatic rings. The van der Waals surface area contributed by atoms with Gasteiger partial charge in [0.25, 0.3) is 0 Å². The molecule has 1 aromatic rings. The molecular weight excluding hydrogens is 430 g/mol. The van der Waals surface area contributed by atoms with Crippen LogP contribution in [-0.2, 0) is 19.8 Å². The lowest BCUT2D eigenvalue weighted by atomic mass is 9.76. The van der Waals surface area contributed by atoms with Crippen LogP contribution in [0.3, 0.4) is 0 Å². The van der Waals surface area contributed by atoms with Gasteiger partial charge in [-0.15, -0.1) is 6.58 Å². The van der Waals surface area contributed by atoms with Crippen molar-refractivity contribution in [1.82, 2.24) is 15.5 Å². The van der Waals surface area contributed by atoms with Gasteiger partial charge in [-0.3, -0.25) is 9.59 Å². The molecule has 0 saturated carbocycles. The van der Waals surface area contributed by atoms with Gasteiger partial charge in [-0.05, 0) is 31.4 Å². The summed E-state index contributed by atoms with van der Waals surface area (Å²) in [5.74, 6) is -1.62. The molecule has 1 rings (SSSR count). The third kappa shape index (κ3) is 7.29. The normalized spacial score (nSPS) is 15.1. The van der Waals surface area contributed by atoms with E-state index < -0.39 is 34.9 Å². The predicted molar refractivity (Wildman–Crippen MR) is 136 cm³/mol. The Morgan fingerprint density at radius 3 is 2.09 bits per heavy atom. The number of nitrogens with zero attached hydrogens (tertiary/aromatic N) is 1. The van der Waals surface area contributed by atoms with Crippen molar-refractivity contribution in [3.05, 3.63) is 60.2 Å². The fourth-order valence-electron chi connectivity index (χ4n) is 3.96. The van der Waals surface area contributed by atoms with Crippen molar-refractivity contribution in [2.75, 3.05) is 14.1 Å². The number of carbonyl (C=O) groups is 3. The van der Waals surface area contributed by atoms with Crippen LogP contribution in [0.5, 0.6) is 0 Å². The smallest absolute Gasteiger partial charge is 0.331 e. The molecular formula is C27H41N3O4. The molecule has 2 amide bonds. The maximum Gasteiger partial charge on any atom is 0.331 e. The maximum atomic E-state index is 13.6. The van der Waals surface area contributed by atoms with E-state index in [1.165, 1.54) is 11.8 Å². The third-order valence-electron chi connectivity index (χ3n) is 6.22. The molecule has 0 unspecified atom stereocenters. The van der Waals surface area contributed by atoms with Crippen molar-refractivity contribution in [2.45, 2.75) is 71.5 Å². The van der Waals surface area contributed by atoms with E-state index in [-0.39, 0.29) is 17.4 Å². The zero-order valence-electron chi connectivity index (χ0n) is 21.8. The van der Waals surface area contributed by atoms with Crippen LogP contribution >= 0.6 is 0 Å². The van der Waals surface area contributed by atoms with E-state index in [2.05, 4.69) is 17.2 Å². The molecule has 0 aromatic heterocycles. The number of aliphatic carboxylic acids is 1. The molecule has 1 aromatic carbocycles. The molecule has 0 fully saturated rings. The lowest BCUT2D eigenvalue weighted by molar-refractivity contribution is -0.140. The lowest BCUT2D eigenvalue weighted by Gasteiger charge is -2.39. The molecule has 0 heterocycles. The number of carboxylic acid groups (broad SMARTS) is 1. The predicted octanol–water partition coefficient (Wildman–Crippen LogP) is 3.52. The minimum atomic E-state index is -1.05. The van der Waals surface area contributed by atoms with Crippen LogP contribution in [0.25, 0.3) is 0 Å². The van der Waals surface area contributed by atoms with Crippen molar-refractivity contribution in [1.29, 1.82) is 0 Å². The Morgan fingerprint density at radius 2 is 1.65 bits per heavy atom. The van der Waals surface area contributed by atoms with Gasteiger partial charge in [0.05, 0.1) is 12.1 Å². The van der Waals surface area contributed by atoms with Crippen LogP contribution in [0.4, 0.5) is 0 Å². The SMILES string of the molecule is C=CC[C@@H](C=C(C)C(=O)O)N(C)C(=O)[C@@H](NC(=O)[C@@H](NC)C(C)(C)c1ccccc1)C(C)(C)C. The molecule has 3 N–H and O–H groups in total. The fraction of sp³-hybridized carbons (Fsp3) is 0.519. The Bertz CT molecular complexity index is 900. The summed E-state index contributed by atoms with van der Waals surface area (Å²) in [6.07, 6.45) is 3.57. The highest BCUT2D eigenvalue weighted by atomic mass is 16.4. The standard InChI is InChI=1S/C27H41N3O4/c1-10-14-20(17-18(2)25(33)34)30(9)24(32)22(26(3,4)5)29-23(31)21(28-8)27(6,7)19-15-12-11-13-16-19/h10-13,15-17,20-22,28H,1,14H2,2-9H3,(H,29,31)(H,33,34)/t20-,21+,22+/m0/s1. The summed E-state index contributed by atoms with van der Waals surface area (Å²) in [6.45, 7) is 14.9. The van der Waals surface area contributed by atoms with Gasteiger partial charge in [0.1, 0.15) is 6.04 Å². The number of rotatable bonds is 11. The number of carbonyl (C=O) groups excluding carboxylic acids is 2. The van der Waals surface area contributed by atoms with Gasteiger partial charge in [-0.2, -0.15) is 0 Å². The second kappa shape index (κ2) is 12.0. The summed E-state index contributed by atoms with van der Waals surface area (Å²) in [5, 5.41) is 15.4. The van der Waals surface area contributed by atoms with Gasteiger partial charge < -0.3 is 20.6 Å². The zero-order chi connectivity index (χ0) is 26.3. The number of amides is 2. The molecule has 0 bridgehead atoms. The van der Waals surface area contributed by atoms with Crippen molar-refractivity contribution >= 4 is 17.8 Å². The van der Waals surface area contributed by atoms with E-state index in [1.807, 2.05) is 65.0 Å². The quantitative estimate of drug-likeness (QED) is 0.339. The second-order valence-electron chi connectivity index (χ2n) is 10.3. The van der Waals surface area contributed by atoms with E-state index >= 15 is 0 Å². The van der Waals surface area contributed by atoms with E-state index in [1.54, 1.807) is 26.2 Å². The van der Waals surface area contributed by atoms with Gasteiger partial charge >= 0.3 is 5.97 Å². The fourth-order valence-corrected chi connectivity index (χ4v) is 3.96. The number of likely N-dealkylation sites (N-methyl/N-ethyl adjacent to an activating group) is 2. The molecule has 0 radical (unpaired) electrons. The van der Waals surface area contributed by atoms with Crippen LogP contribution in [0.15, 0.2) is 54.6 Å². The van der Waals surface area contributed by atoms with Crippen LogP contribution in [0.2, 0.25) is 0 Å². The van der Waals surface area contributed by atoms with Gasteiger partial charge in [0.15, 0.2) is 0 Å². The number of nitrogens with one attached hydrogen (secondary N) is 2. The summed E-state index contributed by atoms with van der Waals surface area (Å²) in [6, 6.07) is 7.86. The summed E-state index contributed by atoms with van der Waals surface area (Å²) in [7, 11) is 3.35. The Labute approximate surface area is 204 Å². The molecule has 0 saturated heterocycles. The minimum absolute atomic E-state index is 0.141. The number of hydrogen-bond donors (Lipinski definition) is 3. The second-order valence-corrected chi connectivity index (χ2v) is 10.3. The summed E-state index contributed by atoms with van der Waals surface area (Å²) in [4.78, 5) is 39.9. The molecule has 34 heavy (non-hydrogen) atoms. The van der Waals surface area contributed by atoms with Gasteiger partial charge in [-0.1, -0.05) is 77.1 Å². The van der Waals surface area contributed by atoms with E-state index in [0.717, 1.165) is 5.56 Å². The van der Waals surface area contributed by atoms with Crippen molar-refractivity contribution in [3.63, 3.8) is 0 Å². The van der Waals surface area contributed by atoms with Crippen molar-refractivity contribution in [3.8, 4) is 0 Å². The van der Waals surface area contributed by atoms with Crippen molar-refractivity contribution in [2.24, 2.45) is 5.41 Å². The molecule has 0 aliphatic heterocycles. The Hall–Kier alpha value is -2.93. The first-order valence-electron chi connectivity index (χ1n) is 11.5. The molecule has 3 atom stereocenters. The highest BCUT2D eigenvalue weighted by Crippen LogP contribution is 2.28. The summed E-state index contributed by atoms with van der Waals surface area (Å²) < 4.78 is 0. The zero-order valence-corrected chi connectivity index (χ0v) is 21.8. The number of hydrogen-bond acceptors (Lipinski definition) is 4. The van der Waals surface area contributed by atoms with Crippen LogP contribution < -0.4 is 10.6 Å². The topological polar surface area (TPSA) is 98.7 Å². The van der Waals surface area contributed by atoms with Crippen LogP contribution in [0.1, 0.15) is 53.5 Å². The van der Waals surface area contributed by atoms with Crippen LogP contribution in [0, 0.1) is 5.41 Å². The van der Waals surface area contributed by atoms with Gasteiger partial charge in [0.2, 0.25) is 11.8 Å². The van der Waals surface area contributed by atoms with Crippen LogP contribution in [-0.4, -0.2) is 60.0 Å². The van der Waals surface area contributed by atoms with E-state index in [9.17, 15) is 19.5 Å². The molecule has 7 heteroatoms. The number of benzene rings is 1. The summed E-state index contributed by atoms with van der Waals surface area (Å²) >= 11 is 0. The lowest BCUT2D eigenvalue weighted by Crippen LogP contribution is -2.61. The highest BCUT2D eigenvalue weighted by Gasteiger charge is 2.41. The maximum absolute atomic E-state index is 13.6. The average molecular weight is 472 g/mol. The number of carboxylic acids is 1. The average Bonchev–Trinajstić information content (AvgIpc) is 2.76.